The molecule has 0 amide bonds. The molecule has 2 nitrogen and oxygen atoms in total. The first-order chi connectivity index (χ1) is 5.66. The molecule has 1 fully saturated rings. The molecule has 0 aliphatic heterocycles. The molecule has 0 aromatic rings. The average Bonchev–Trinajstić information content (AvgIpc) is 2.04. The van der Waals surface area contributed by atoms with Crippen LogP contribution in [0.1, 0.15) is 33.1 Å². The van der Waals surface area contributed by atoms with Crippen LogP contribution in [-0.4, -0.2) is 10.9 Å². The third-order valence-corrected chi connectivity index (χ3v) is 2.58. The smallest absolute Gasteiger partial charge is 0.165 e. The number of allylic oxidation sites excluding steroid dienone is 1. The van der Waals surface area contributed by atoms with Gasteiger partial charge in [-0.05, 0) is 25.2 Å². The summed E-state index contributed by atoms with van der Waals surface area (Å²) in [6, 6.07) is 0. The molecule has 0 radical (unpaired) electrons. The number of hydrogen-bond donors (Lipinski definition) is 1. The van der Waals surface area contributed by atoms with E-state index in [9.17, 15) is 4.79 Å². The maximum atomic E-state index is 11.6. The molecular weight excluding hydrogens is 152 g/mol. The fourth-order valence-electron chi connectivity index (χ4n) is 1.77. The van der Waals surface area contributed by atoms with Gasteiger partial charge in [0.1, 0.15) is 0 Å². The predicted molar refractivity (Wildman–Crippen MR) is 47.9 cm³/mol. The largest absolute Gasteiger partial charge is 0.515 e. The quantitative estimate of drug-likeness (QED) is 0.482. The second kappa shape index (κ2) is 3.74. The van der Waals surface area contributed by atoms with Gasteiger partial charge in [0.2, 0.25) is 0 Å². The minimum Gasteiger partial charge on any atom is -0.515 e. The van der Waals surface area contributed by atoms with Gasteiger partial charge in [-0.25, -0.2) is 0 Å². The van der Waals surface area contributed by atoms with Crippen molar-refractivity contribution in [2.45, 2.75) is 33.1 Å². The summed E-state index contributed by atoms with van der Waals surface area (Å²) in [5.74, 6) is 0.684. The van der Waals surface area contributed by atoms with Gasteiger partial charge in [0.25, 0.3) is 0 Å². The monoisotopic (exact) mass is 168 g/mol. The molecule has 0 spiro atoms. The molecule has 1 aliphatic carbocycles. The van der Waals surface area contributed by atoms with Gasteiger partial charge in [-0.15, -0.1) is 0 Å². The van der Waals surface area contributed by atoms with Crippen molar-refractivity contribution in [3.05, 3.63) is 11.8 Å². The summed E-state index contributed by atoms with van der Waals surface area (Å²) in [7, 11) is 0. The number of hydrogen-bond acceptors (Lipinski definition) is 2. The van der Waals surface area contributed by atoms with E-state index in [1.807, 2.05) is 0 Å². The van der Waals surface area contributed by atoms with Gasteiger partial charge >= 0.3 is 0 Å². The number of carbonyl (C=O) groups excluding carboxylic acids is 1. The van der Waals surface area contributed by atoms with Gasteiger partial charge in [0.15, 0.2) is 5.78 Å². The van der Waals surface area contributed by atoms with Gasteiger partial charge < -0.3 is 5.11 Å². The first-order valence-corrected chi connectivity index (χ1v) is 4.54. The highest BCUT2D eigenvalue weighted by atomic mass is 16.2. The molecule has 0 bridgehead atoms. The van der Waals surface area contributed by atoms with E-state index < -0.39 is 0 Å². The molecule has 1 rings (SSSR count). The molecule has 1 unspecified atom stereocenters. The van der Waals surface area contributed by atoms with E-state index in [4.69, 9.17) is 5.11 Å². The van der Waals surface area contributed by atoms with Gasteiger partial charge in [-0.3, -0.25) is 4.79 Å². The topological polar surface area (TPSA) is 37.3 Å². The summed E-state index contributed by atoms with van der Waals surface area (Å²) in [5, 5.41) is 8.78. The molecule has 2 heteroatoms. The fourth-order valence-corrected chi connectivity index (χ4v) is 1.77. The maximum absolute atomic E-state index is 11.6. The number of carbonyl (C=O) groups is 1. The molecule has 1 N–H and O–H groups in total. The number of rotatable bonds is 1. The molecular formula is C10H16O2. The summed E-state index contributed by atoms with van der Waals surface area (Å²) in [6.45, 7) is 4.12. The minimum absolute atomic E-state index is 0.136. The van der Waals surface area contributed by atoms with E-state index in [2.05, 4.69) is 13.8 Å². The lowest BCUT2D eigenvalue weighted by atomic mass is 9.78. The van der Waals surface area contributed by atoms with E-state index in [1.54, 1.807) is 0 Å². The minimum atomic E-state index is 0.136. The third-order valence-electron chi connectivity index (χ3n) is 2.58. The van der Waals surface area contributed by atoms with E-state index in [0.717, 1.165) is 25.5 Å². The van der Waals surface area contributed by atoms with Crippen molar-refractivity contribution in [1.82, 2.24) is 0 Å². The molecule has 12 heavy (non-hydrogen) atoms. The Morgan fingerprint density at radius 2 is 2.25 bits per heavy atom. The standard InChI is InChI=1S/C10H16O2/c1-7(2)9-5-3-4-8(6-11)10(9)12/h6-7,9,11H,3-5H2,1-2H3/b8-6-. The van der Waals surface area contributed by atoms with Crippen molar-refractivity contribution in [2.24, 2.45) is 11.8 Å². The molecule has 68 valence electrons. The van der Waals surface area contributed by atoms with Gasteiger partial charge in [0, 0.05) is 11.5 Å². The van der Waals surface area contributed by atoms with Gasteiger partial charge in [-0.2, -0.15) is 0 Å². The number of aliphatic hydroxyl groups is 1. The number of aliphatic hydroxyl groups excluding tert-OH is 1. The molecule has 0 aromatic carbocycles. The third kappa shape index (κ3) is 1.68. The van der Waals surface area contributed by atoms with E-state index in [0.29, 0.717) is 11.5 Å². The Labute approximate surface area is 73.3 Å². The zero-order valence-electron chi connectivity index (χ0n) is 7.71. The zero-order valence-corrected chi connectivity index (χ0v) is 7.71. The van der Waals surface area contributed by atoms with E-state index in [1.165, 1.54) is 0 Å². The highest BCUT2D eigenvalue weighted by molar-refractivity contribution is 5.97. The Bertz CT molecular complexity index is 204. The van der Waals surface area contributed by atoms with Crippen molar-refractivity contribution in [3.63, 3.8) is 0 Å². The SMILES string of the molecule is CC(C)C1CCC/C(=C/O)C1=O. The second-order valence-electron chi connectivity index (χ2n) is 3.76. The summed E-state index contributed by atoms with van der Waals surface area (Å²) in [4.78, 5) is 11.6. The summed E-state index contributed by atoms with van der Waals surface area (Å²) >= 11 is 0. The van der Waals surface area contributed by atoms with Crippen molar-refractivity contribution >= 4 is 5.78 Å². The first-order valence-electron chi connectivity index (χ1n) is 4.54. The molecule has 1 saturated carbocycles. The Morgan fingerprint density at radius 1 is 1.58 bits per heavy atom. The van der Waals surface area contributed by atoms with Crippen LogP contribution in [0.2, 0.25) is 0 Å². The van der Waals surface area contributed by atoms with Crippen molar-refractivity contribution in [3.8, 4) is 0 Å². The molecule has 0 heterocycles. The lowest BCUT2D eigenvalue weighted by Gasteiger charge is -2.24. The van der Waals surface area contributed by atoms with Crippen LogP contribution < -0.4 is 0 Å². The predicted octanol–water partition coefficient (Wildman–Crippen LogP) is 2.45. The van der Waals surface area contributed by atoms with Gasteiger partial charge in [-0.1, -0.05) is 13.8 Å². The summed E-state index contributed by atoms with van der Waals surface area (Å²) < 4.78 is 0. The van der Waals surface area contributed by atoms with Crippen LogP contribution in [0.4, 0.5) is 0 Å². The normalized spacial score (nSPS) is 28.4. The Balaban J connectivity index is 2.73. The first kappa shape index (κ1) is 9.30. The molecule has 1 atom stereocenters. The Morgan fingerprint density at radius 3 is 2.75 bits per heavy atom. The highest BCUT2D eigenvalue weighted by Crippen LogP contribution is 2.29. The van der Waals surface area contributed by atoms with Crippen LogP contribution in [-0.2, 0) is 4.79 Å². The van der Waals surface area contributed by atoms with Gasteiger partial charge in [0.05, 0.1) is 6.26 Å². The fraction of sp³-hybridized carbons (Fsp3) is 0.700. The molecule has 0 saturated heterocycles. The summed E-state index contributed by atoms with van der Waals surface area (Å²) in [6.07, 6.45) is 3.74. The molecule has 0 aromatic heterocycles. The summed E-state index contributed by atoms with van der Waals surface area (Å²) in [5.41, 5.74) is 0.611. The lowest BCUT2D eigenvalue weighted by Crippen LogP contribution is -2.25. The maximum Gasteiger partial charge on any atom is 0.165 e. The van der Waals surface area contributed by atoms with E-state index in [-0.39, 0.29) is 11.7 Å². The van der Waals surface area contributed by atoms with Crippen molar-refractivity contribution < 1.29 is 9.90 Å². The molecule has 1 aliphatic rings. The van der Waals surface area contributed by atoms with Crippen LogP contribution in [0.15, 0.2) is 11.8 Å². The van der Waals surface area contributed by atoms with Crippen LogP contribution >= 0.6 is 0 Å². The lowest BCUT2D eigenvalue weighted by molar-refractivity contribution is -0.121. The Kier molecular flexibility index (Phi) is 2.90. The highest BCUT2D eigenvalue weighted by Gasteiger charge is 2.28. The number of Topliss-reactive ketones (excluding diaryl/α,β-unsaturated/α-hetero) is 1. The van der Waals surface area contributed by atoms with E-state index >= 15 is 0 Å². The van der Waals surface area contributed by atoms with Crippen molar-refractivity contribution in [2.75, 3.05) is 0 Å². The van der Waals surface area contributed by atoms with Crippen LogP contribution in [0, 0.1) is 11.8 Å². The van der Waals surface area contributed by atoms with Crippen LogP contribution in [0.3, 0.4) is 0 Å². The second-order valence-corrected chi connectivity index (χ2v) is 3.76. The van der Waals surface area contributed by atoms with Crippen LogP contribution in [0.25, 0.3) is 0 Å². The zero-order chi connectivity index (χ0) is 9.14. The van der Waals surface area contributed by atoms with Crippen molar-refractivity contribution in [1.29, 1.82) is 0 Å². The Hall–Kier alpha value is -0.790. The van der Waals surface area contributed by atoms with Crippen LogP contribution in [0.5, 0.6) is 0 Å². The number of ketones is 1. The average molecular weight is 168 g/mol.